The SMILES string of the molecule is CCOC(=O)NC(=O)COC(=O)/C=C/c1ccc(O)c(OC)c1. The molecule has 0 radical (unpaired) electrons. The van der Waals surface area contributed by atoms with Gasteiger partial charge in [-0.05, 0) is 30.7 Å². The molecule has 0 atom stereocenters. The van der Waals surface area contributed by atoms with Crippen LogP contribution in [-0.4, -0.2) is 43.4 Å². The lowest BCUT2D eigenvalue weighted by molar-refractivity contribution is -0.143. The molecule has 0 heterocycles. The van der Waals surface area contributed by atoms with E-state index in [1.165, 1.54) is 25.3 Å². The number of phenolic OH excluding ortho intramolecular Hbond substituents is 1. The average molecular weight is 323 g/mol. The summed E-state index contributed by atoms with van der Waals surface area (Å²) >= 11 is 0. The summed E-state index contributed by atoms with van der Waals surface area (Å²) in [5.41, 5.74) is 0.590. The topological polar surface area (TPSA) is 111 Å². The summed E-state index contributed by atoms with van der Waals surface area (Å²) in [5, 5.41) is 11.3. The number of hydrogen-bond donors (Lipinski definition) is 2. The summed E-state index contributed by atoms with van der Waals surface area (Å²) in [6.07, 6.45) is 1.62. The number of imide groups is 1. The predicted octanol–water partition coefficient (Wildman–Crippen LogP) is 1.23. The number of methoxy groups -OCH3 is 1. The smallest absolute Gasteiger partial charge is 0.413 e. The Morgan fingerprint density at radius 3 is 2.65 bits per heavy atom. The first-order chi connectivity index (χ1) is 11.0. The lowest BCUT2D eigenvalue weighted by Gasteiger charge is -2.04. The first-order valence-corrected chi connectivity index (χ1v) is 6.64. The van der Waals surface area contributed by atoms with Crippen LogP contribution in [0.4, 0.5) is 4.79 Å². The van der Waals surface area contributed by atoms with Gasteiger partial charge >= 0.3 is 12.1 Å². The van der Waals surface area contributed by atoms with Crippen molar-refractivity contribution in [1.82, 2.24) is 5.32 Å². The molecule has 8 nitrogen and oxygen atoms in total. The maximum Gasteiger partial charge on any atom is 0.413 e. The van der Waals surface area contributed by atoms with Crippen molar-refractivity contribution in [1.29, 1.82) is 0 Å². The minimum absolute atomic E-state index is 0.0251. The van der Waals surface area contributed by atoms with Crippen molar-refractivity contribution in [2.45, 2.75) is 6.92 Å². The molecule has 1 aromatic carbocycles. The van der Waals surface area contributed by atoms with E-state index in [-0.39, 0.29) is 18.1 Å². The Hall–Kier alpha value is -3.03. The van der Waals surface area contributed by atoms with E-state index >= 15 is 0 Å². The zero-order valence-electron chi connectivity index (χ0n) is 12.7. The molecule has 0 saturated carbocycles. The second kappa shape index (κ2) is 9.08. The number of rotatable bonds is 6. The Bertz CT molecular complexity index is 610. The zero-order chi connectivity index (χ0) is 17.2. The number of phenols is 1. The van der Waals surface area contributed by atoms with E-state index in [1.54, 1.807) is 13.0 Å². The van der Waals surface area contributed by atoms with Crippen LogP contribution >= 0.6 is 0 Å². The molecule has 0 spiro atoms. The number of alkyl carbamates (subject to hydrolysis) is 1. The fraction of sp³-hybridized carbons (Fsp3) is 0.267. The van der Waals surface area contributed by atoms with Gasteiger partial charge in [0.15, 0.2) is 18.1 Å². The molecule has 0 unspecified atom stereocenters. The molecule has 124 valence electrons. The molecule has 0 fully saturated rings. The highest BCUT2D eigenvalue weighted by Crippen LogP contribution is 2.26. The molecule has 0 aliphatic rings. The van der Waals surface area contributed by atoms with Crippen molar-refractivity contribution in [3.8, 4) is 11.5 Å². The van der Waals surface area contributed by atoms with Gasteiger partial charge < -0.3 is 19.3 Å². The summed E-state index contributed by atoms with van der Waals surface area (Å²) in [4.78, 5) is 33.7. The fourth-order valence-electron chi connectivity index (χ4n) is 1.46. The summed E-state index contributed by atoms with van der Waals surface area (Å²) in [5.74, 6) is -1.33. The Kier molecular flexibility index (Phi) is 7.12. The first kappa shape index (κ1) is 18.0. The number of hydrogen-bond acceptors (Lipinski definition) is 7. The number of esters is 1. The largest absolute Gasteiger partial charge is 0.504 e. The third-order valence-corrected chi connectivity index (χ3v) is 2.48. The number of amides is 2. The highest BCUT2D eigenvalue weighted by molar-refractivity contribution is 5.94. The van der Waals surface area contributed by atoms with Crippen LogP contribution in [0.2, 0.25) is 0 Å². The Labute approximate surface area is 132 Å². The van der Waals surface area contributed by atoms with Crippen molar-refractivity contribution < 1.29 is 33.7 Å². The maximum absolute atomic E-state index is 11.5. The highest BCUT2D eigenvalue weighted by Gasteiger charge is 2.10. The van der Waals surface area contributed by atoms with Crippen LogP contribution in [0.3, 0.4) is 0 Å². The van der Waals surface area contributed by atoms with Crippen LogP contribution in [-0.2, 0) is 19.1 Å². The zero-order valence-corrected chi connectivity index (χ0v) is 12.7. The first-order valence-electron chi connectivity index (χ1n) is 6.64. The van der Waals surface area contributed by atoms with E-state index in [1.807, 2.05) is 5.32 Å². The summed E-state index contributed by atoms with van der Waals surface area (Å²) < 4.78 is 14.1. The monoisotopic (exact) mass is 323 g/mol. The minimum atomic E-state index is -0.903. The molecule has 23 heavy (non-hydrogen) atoms. The van der Waals surface area contributed by atoms with Crippen LogP contribution in [0.1, 0.15) is 12.5 Å². The Balaban J connectivity index is 2.47. The number of nitrogens with one attached hydrogen (secondary N) is 1. The van der Waals surface area contributed by atoms with Gasteiger partial charge in [0.25, 0.3) is 5.91 Å². The van der Waals surface area contributed by atoms with Gasteiger partial charge in [0.1, 0.15) is 0 Å². The average Bonchev–Trinajstić information content (AvgIpc) is 2.52. The summed E-state index contributed by atoms with van der Waals surface area (Å²) in [6.45, 7) is 1.10. The number of carbonyl (C=O) groups excluding carboxylic acids is 3. The van der Waals surface area contributed by atoms with E-state index in [4.69, 9.17) is 4.74 Å². The van der Waals surface area contributed by atoms with Gasteiger partial charge in [-0.1, -0.05) is 6.07 Å². The van der Waals surface area contributed by atoms with Gasteiger partial charge in [0.05, 0.1) is 13.7 Å². The quantitative estimate of drug-likeness (QED) is 0.598. The van der Waals surface area contributed by atoms with Crippen LogP contribution in [0, 0.1) is 0 Å². The predicted molar refractivity (Wildman–Crippen MR) is 79.8 cm³/mol. The van der Waals surface area contributed by atoms with Crippen molar-refractivity contribution in [2.75, 3.05) is 20.3 Å². The normalized spacial score (nSPS) is 10.2. The fourth-order valence-corrected chi connectivity index (χ4v) is 1.46. The molecule has 2 amide bonds. The van der Waals surface area contributed by atoms with Crippen molar-refractivity contribution in [3.05, 3.63) is 29.8 Å². The van der Waals surface area contributed by atoms with Crippen LogP contribution in [0.5, 0.6) is 11.5 Å². The molecule has 8 heteroatoms. The minimum Gasteiger partial charge on any atom is -0.504 e. The molecular formula is C15H17NO7. The molecular weight excluding hydrogens is 306 g/mol. The molecule has 1 rings (SSSR count). The third kappa shape index (κ3) is 6.51. The maximum atomic E-state index is 11.5. The molecule has 0 aromatic heterocycles. The van der Waals surface area contributed by atoms with E-state index in [2.05, 4.69) is 9.47 Å². The van der Waals surface area contributed by atoms with E-state index in [9.17, 15) is 19.5 Å². The summed E-state index contributed by atoms with van der Waals surface area (Å²) in [6, 6.07) is 4.50. The van der Waals surface area contributed by atoms with Gasteiger partial charge in [-0.3, -0.25) is 10.1 Å². The van der Waals surface area contributed by atoms with Gasteiger partial charge in [-0.2, -0.15) is 0 Å². The lowest BCUT2D eigenvalue weighted by atomic mass is 10.2. The van der Waals surface area contributed by atoms with Crippen molar-refractivity contribution in [2.24, 2.45) is 0 Å². The molecule has 0 bridgehead atoms. The second-order valence-corrected chi connectivity index (χ2v) is 4.14. The van der Waals surface area contributed by atoms with E-state index in [0.717, 1.165) is 6.08 Å². The Morgan fingerprint density at radius 2 is 2.00 bits per heavy atom. The molecule has 1 aromatic rings. The third-order valence-electron chi connectivity index (χ3n) is 2.48. The van der Waals surface area contributed by atoms with Gasteiger partial charge in [0, 0.05) is 6.08 Å². The molecule has 0 aliphatic heterocycles. The van der Waals surface area contributed by atoms with Crippen molar-refractivity contribution in [3.63, 3.8) is 0 Å². The van der Waals surface area contributed by atoms with E-state index < -0.39 is 24.6 Å². The Morgan fingerprint density at radius 1 is 1.26 bits per heavy atom. The highest BCUT2D eigenvalue weighted by atomic mass is 16.6. The van der Waals surface area contributed by atoms with Crippen LogP contribution in [0.15, 0.2) is 24.3 Å². The number of aromatic hydroxyl groups is 1. The molecule has 0 saturated heterocycles. The van der Waals surface area contributed by atoms with Crippen molar-refractivity contribution >= 4 is 24.0 Å². The molecule has 2 N–H and O–H groups in total. The van der Waals surface area contributed by atoms with Crippen LogP contribution < -0.4 is 10.1 Å². The van der Waals surface area contributed by atoms with Crippen LogP contribution in [0.25, 0.3) is 6.08 Å². The number of ether oxygens (including phenoxy) is 3. The molecule has 0 aliphatic carbocycles. The number of carbonyl (C=O) groups is 3. The standard InChI is InChI=1S/C15H17NO7/c1-3-22-15(20)16-13(18)9-23-14(19)7-5-10-4-6-11(17)12(8-10)21-2/h4-8,17H,3,9H2,1-2H3,(H,16,18,20)/b7-5+. The van der Waals surface area contributed by atoms with Gasteiger partial charge in [0.2, 0.25) is 0 Å². The van der Waals surface area contributed by atoms with Gasteiger partial charge in [-0.15, -0.1) is 0 Å². The van der Waals surface area contributed by atoms with E-state index in [0.29, 0.717) is 5.56 Å². The number of benzene rings is 1. The lowest BCUT2D eigenvalue weighted by Crippen LogP contribution is -2.34. The second-order valence-electron chi connectivity index (χ2n) is 4.14. The van der Waals surface area contributed by atoms with Gasteiger partial charge in [-0.25, -0.2) is 9.59 Å². The summed E-state index contributed by atoms with van der Waals surface area (Å²) in [7, 11) is 1.40.